The van der Waals surface area contributed by atoms with Crippen LogP contribution in [0, 0.1) is 6.92 Å². The van der Waals surface area contributed by atoms with Gasteiger partial charge in [0.25, 0.3) is 0 Å². The smallest absolute Gasteiger partial charge is 0.419 e. The van der Waals surface area contributed by atoms with Crippen molar-refractivity contribution in [3.05, 3.63) is 35.4 Å². The Kier molecular flexibility index (Phi) is 4.52. The number of hydrogen-bond donors (Lipinski definition) is 1. The highest BCUT2D eigenvalue weighted by molar-refractivity contribution is 5.92. The number of benzene rings is 1. The van der Waals surface area contributed by atoms with E-state index in [1.54, 1.807) is 0 Å². The molecule has 1 unspecified atom stereocenters. The fraction of sp³-hybridized carbons (Fsp3) is 0.529. The second-order valence-electron chi connectivity index (χ2n) is 6.13. The van der Waals surface area contributed by atoms with Gasteiger partial charge >= 0.3 is 12.1 Å². The monoisotopic (exact) mass is 318 g/mol. The number of ether oxygens (including phenoxy) is 2. The van der Waals surface area contributed by atoms with Crippen LogP contribution in [0.1, 0.15) is 43.4 Å². The molecule has 2 aliphatic heterocycles. The fourth-order valence-corrected chi connectivity index (χ4v) is 3.00. The predicted octanol–water partition coefficient (Wildman–Crippen LogP) is 3.11. The number of imide groups is 1. The SMILES string of the molecule is Cc1ccc([C@@H]2OC(=O)N(C(=O)NC3CCCCO3)[C@H]2C)cc1. The molecule has 23 heavy (non-hydrogen) atoms. The lowest BCUT2D eigenvalue weighted by molar-refractivity contribution is -0.0000137. The van der Waals surface area contributed by atoms with Crippen LogP contribution in [0.4, 0.5) is 9.59 Å². The summed E-state index contributed by atoms with van der Waals surface area (Å²) < 4.78 is 10.9. The number of urea groups is 1. The molecule has 1 aromatic rings. The molecule has 3 atom stereocenters. The molecule has 6 heteroatoms. The Morgan fingerprint density at radius 3 is 2.65 bits per heavy atom. The lowest BCUT2D eigenvalue weighted by Crippen LogP contribution is -2.49. The van der Waals surface area contributed by atoms with Crippen molar-refractivity contribution in [2.75, 3.05) is 6.61 Å². The molecule has 3 rings (SSSR count). The van der Waals surface area contributed by atoms with Crippen LogP contribution >= 0.6 is 0 Å². The third-order valence-corrected chi connectivity index (χ3v) is 4.36. The summed E-state index contributed by atoms with van der Waals surface area (Å²) in [5.74, 6) is 0. The van der Waals surface area contributed by atoms with Gasteiger partial charge in [-0.15, -0.1) is 0 Å². The first kappa shape index (κ1) is 15.8. The van der Waals surface area contributed by atoms with Crippen molar-refractivity contribution >= 4 is 12.1 Å². The molecule has 0 aromatic heterocycles. The Bertz CT molecular complexity index is 581. The summed E-state index contributed by atoms with van der Waals surface area (Å²) in [4.78, 5) is 25.7. The van der Waals surface area contributed by atoms with Gasteiger partial charge in [0.05, 0.1) is 6.04 Å². The zero-order valence-electron chi connectivity index (χ0n) is 13.5. The summed E-state index contributed by atoms with van der Waals surface area (Å²) in [6, 6.07) is 6.96. The summed E-state index contributed by atoms with van der Waals surface area (Å²) in [6.45, 7) is 4.45. The first-order valence-electron chi connectivity index (χ1n) is 8.05. The van der Waals surface area contributed by atoms with Gasteiger partial charge in [0.1, 0.15) is 12.3 Å². The van der Waals surface area contributed by atoms with Gasteiger partial charge < -0.3 is 14.8 Å². The zero-order valence-corrected chi connectivity index (χ0v) is 13.5. The highest BCUT2D eigenvalue weighted by Gasteiger charge is 2.44. The first-order valence-corrected chi connectivity index (χ1v) is 8.05. The summed E-state index contributed by atoms with van der Waals surface area (Å²) in [5, 5.41) is 2.77. The Hall–Kier alpha value is -2.08. The quantitative estimate of drug-likeness (QED) is 0.910. The lowest BCUT2D eigenvalue weighted by Gasteiger charge is -2.26. The molecule has 2 heterocycles. The average molecular weight is 318 g/mol. The molecule has 1 N–H and O–H groups in total. The van der Waals surface area contributed by atoms with Crippen molar-refractivity contribution < 1.29 is 19.1 Å². The Labute approximate surface area is 135 Å². The van der Waals surface area contributed by atoms with E-state index < -0.39 is 18.2 Å². The molecule has 124 valence electrons. The number of rotatable bonds is 2. The first-order chi connectivity index (χ1) is 11.1. The van der Waals surface area contributed by atoms with Gasteiger partial charge in [0.2, 0.25) is 0 Å². The van der Waals surface area contributed by atoms with Crippen molar-refractivity contribution in [3.8, 4) is 0 Å². The van der Waals surface area contributed by atoms with Crippen LogP contribution in [0.2, 0.25) is 0 Å². The van der Waals surface area contributed by atoms with E-state index in [-0.39, 0.29) is 12.3 Å². The standard InChI is InChI=1S/C17H22N2O4/c1-11-6-8-13(9-7-11)15-12(2)19(17(21)23-15)16(20)18-14-5-3-4-10-22-14/h6-9,12,14-15H,3-5,10H2,1-2H3,(H,18,20)/t12-,14?,15+/m0/s1. The molecular formula is C17H22N2O4. The van der Waals surface area contributed by atoms with Crippen molar-refractivity contribution in [3.63, 3.8) is 0 Å². The number of carbonyl (C=O) groups excluding carboxylic acids is 2. The Morgan fingerprint density at radius 2 is 2.00 bits per heavy atom. The molecule has 0 saturated carbocycles. The van der Waals surface area contributed by atoms with Crippen LogP contribution in [-0.4, -0.2) is 35.9 Å². The maximum Gasteiger partial charge on any atom is 0.419 e. The minimum atomic E-state index is -0.614. The Balaban J connectivity index is 1.69. The second kappa shape index (κ2) is 6.58. The Morgan fingerprint density at radius 1 is 1.26 bits per heavy atom. The fourth-order valence-electron chi connectivity index (χ4n) is 3.00. The molecule has 0 bridgehead atoms. The van der Waals surface area contributed by atoms with Crippen LogP contribution in [0.5, 0.6) is 0 Å². The number of carbonyl (C=O) groups is 2. The maximum absolute atomic E-state index is 12.4. The molecular weight excluding hydrogens is 296 g/mol. The van der Waals surface area contributed by atoms with E-state index in [1.165, 1.54) is 0 Å². The van der Waals surface area contributed by atoms with Crippen LogP contribution in [0.15, 0.2) is 24.3 Å². The largest absolute Gasteiger partial charge is 0.439 e. The van der Waals surface area contributed by atoms with Crippen molar-refractivity contribution in [1.82, 2.24) is 10.2 Å². The molecule has 6 nitrogen and oxygen atoms in total. The van der Waals surface area contributed by atoms with Gasteiger partial charge in [-0.3, -0.25) is 0 Å². The third kappa shape index (κ3) is 3.32. The van der Waals surface area contributed by atoms with Gasteiger partial charge in [0.15, 0.2) is 0 Å². The van der Waals surface area contributed by atoms with E-state index in [2.05, 4.69) is 5.32 Å². The van der Waals surface area contributed by atoms with Crippen molar-refractivity contribution in [2.45, 2.75) is 51.5 Å². The zero-order chi connectivity index (χ0) is 16.4. The van der Waals surface area contributed by atoms with Gasteiger partial charge in [-0.2, -0.15) is 0 Å². The summed E-state index contributed by atoms with van der Waals surface area (Å²) in [5.41, 5.74) is 2.02. The van der Waals surface area contributed by atoms with E-state index in [4.69, 9.17) is 9.47 Å². The van der Waals surface area contributed by atoms with Crippen LogP contribution in [0.3, 0.4) is 0 Å². The van der Waals surface area contributed by atoms with Crippen molar-refractivity contribution in [2.24, 2.45) is 0 Å². The van der Waals surface area contributed by atoms with Gasteiger partial charge in [0, 0.05) is 6.61 Å². The van der Waals surface area contributed by atoms with Crippen LogP contribution in [0.25, 0.3) is 0 Å². The minimum Gasteiger partial charge on any atom is -0.439 e. The molecule has 0 radical (unpaired) electrons. The topological polar surface area (TPSA) is 67.9 Å². The van der Waals surface area contributed by atoms with E-state index in [0.717, 1.165) is 35.3 Å². The van der Waals surface area contributed by atoms with Gasteiger partial charge in [-0.05, 0) is 38.7 Å². The average Bonchev–Trinajstić information content (AvgIpc) is 2.84. The second-order valence-corrected chi connectivity index (χ2v) is 6.13. The van der Waals surface area contributed by atoms with Gasteiger partial charge in [-0.25, -0.2) is 14.5 Å². The number of cyclic esters (lactones) is 1. The number of nitrogens with zero attached hydrogens (tertiary/aromatic N) is 1. The number of hydrogen-bond acceptors (Lipinski definition) is 4. The van der Waals surface area contributed by atoms with Crippen LogP contribution in [-0.2, 0) is 9.47 Å². The maximum atomic E-state index is 12.4. The molecule has 1 aromatic carbocycles. The van der Waals surface area contributed by atoms with E-state index in [1.807, 2.05) is 38.1 Å². The third-order valence-electron chi connectivity index (χ3n) is 4.36. The lowest BCUT2D eigenvalue weighted by atomic mass is 10.0. The van der Waals surface area contributed by atoms with Crippen molar-refractivity contribution in [1.29, 1.82) is 0 Å². The molecule has 2 saturated heterocycles. The highest BCUT2D eigenvalue weighted by atomic mass is 16.6. The molecule has 2 fully saturated rings. The molecule has 3 amide bonds. The van der Waals surface area contributed by atoms with E-state index in [9.17, 15) is 9.59 Å². The van der Waals surface area contributed by atoms with E-state index in [0.29, 0.717) is 6.61 Å². The van der Waals surface area contributed by atoms with E-state index >= 15 is 0 Å². The normalized spacial score (nSPS) is 27.7. The number of aryl methyl sites for hydroxylation is 1. The minimum absolute atomic E-state index is 0.324. The molecule has 0 spiro atoms. The predicted molar refractivity (Wildman–Crippen MR) is 83.8 cm³/mol. The van der Waals surface area contributed by atoms with Crippen LogP contribution < -0.4 is 5.32 Å². The summed E-state index contributed by atoms with van der Waals surface area (Å²) in [7, 11) is 0. The number of amides is 3. The number of nitrogens with one attached hydrogen (secondary N) is 1. The highest BCUT2D eigenvalue weighted by Crippen LogP contribution is 2.32. The summed E-state index contributed by atoms with van der Waals surface area (Å²) in [6.07, 6.45) is 1.40. The van der Waals surface area contributed by atoms with Gasteiger partial charge in [-0.1, -0.05) is 29.8 Å². The molecule has 0 aliphatic carbocycles. The summed E-state index contributed by atoms with van der Waals surface area (Å²) >= 11 is 0. The molecule has 2 aliphatic rings.